The van der Waals surface area contributed by atoms with E-state index in [1.165, 1.54) is 0 Å². The summed E-state index contributed by atoms with van der Waals surface area (Å²) in [5, 5.41) is 6.05. The molecule has 1 atom stereocenters. The van der Waals surface area contributed by atoms with Crippen LogP contribution in [-0.4, -0.2) is 36.7 Å². The van der Waals surface area contributed by atoms with Crippen molar-refractivity contribution in [3.05, 3.63) is 0 Å². The van der Waals surface area contributed by atoms with E-state index in [0.29, 0.717) is 19.3 Å². The summed E-state index contributed by atoms with van der Waals surface area (Å²) in [6.45, 7) is 0. The fourth-order valence-corrected chi connectivity index (χ4v) is 0.945. The molecule has 0 spiro atoms. The highest BCUT2D eigenvalue weighted by molar-refractivity contribution is 6.05. The highest BCUT2D eigenvalue weighted by atomic mass is 16.2. The topological polar surface area (TPSA) is 147 Å². The molecule has 1 aliphatic heterocycles. The van der Waals surface area contributed by atoms with E-state index in [4.69, 9.17) is 5.73 Å². The van der Waals surface area contributed by atoms with Gasteiger partial charge in [0.25, 0.3) is 5.91 Å². The summed E-state index contributed by atoms with van der Waals surface area (Å²) in [7, 11) is 0. The monoisotopic (exact) mass is 258 g/mol. The van der Waals surface area contributed by atoms with Gasteiger partial charge in [0.1, 0.15) is 12.6 Å². The van der Waals surface area contributed by atoms with Gasteiger partial charge in [-0.05, 0) is 6.42 Å². The first kappa shape index (κ1) is 15.6. The van der Waals surface area contributed by atoms with Gasteiger partial charge < -0.3 is 26.0 Å². The molecule has 5 amide bonds. The van der Waals surface area contributed by atoms with E-state index in [1.54, 1.807) is 0 Å². The highest BCUT2D eigenvalue weighted by Gasteiger charge is 2.29. The summed E-state index contributed by atoms with van der Waals surface area (Å²) in [4.78, 5) is 50.4. The molecule has 0 bridgehead atoms. The number of imide groups is 1. The molecule has 0 aromatic carbocycles. The van der Waals surface area contributed by atoms with Gasteiger partial charge in [0.15, 0.2) is 6.17 Å². The van der Waals surface area contributed by atoms with Crippen LogP contribution in [0.1, 0.15) is 19.3 Å². The van der Waals surface area contributed by atoms with Crippen LogP contribution in [0.2, 0.25) is 0 Å². The number of hydrogen-bond acceptors (Lipinski definition) is 5. The van der Waals surface area contributed by atoms with Crippen molar-refractivity contribution in [3.63, 3.8) is 0 Å². The number of nitrogens with one attached hydrogen (secondary N) is 3. The lowest BCUT2D eigenvalue weighted by molar-refractivity contribution is -0.120. The standard InChI is InChI=1S/C5H8O2.C4H6N4O3/c6-4-2-1-3-5-7;5-3(10)6-1-2(9)8-4(11)7-1/h4-5H,1-3H2;1H,(H3,5,6,10)(H2,7,8,9,11). The number of aldehydes is 2. The molecule has 0 saturated carbocycles. The van der Waals surface area contributed by atoms with Gasteiger partial charge in [0.2, 0.25) is 0 Å². The molecule has 1 rings (SSSR count). The van der Waals surface area contributed by atoms with E-state index >= 15 is 0 Å². The molecule has 1 fully saturated rings. The van der Waals surface area contributed by atoms with Gasteiger partial charge in [-0.15, -0.1) is 0 Å². The molecule has 1 heterocycles. The van der Waals surface area contributed by atoms with Crippen molar-refractivity contribution < 1.29 is 24.0 Å². The number of rotatable bonds is 5. The lowest BCUT2D eigenvalue weighted by Crippen LogP contribution is -2.48. The first-order chi connectivity index (χ1) is 8.51. The minimum Gasteiger partial charge on any atom is -0.352 e. The van der Waals surface area contributed by atoms with Crippen LogP contribution >= 0.6 is 0 Å². The van der Waals surface area contributed by atoms with Crippen molar-refractivity contribution in [3.8, 4) is 0 Å². The Morgan fingerprint density at radius 2 is 1.83 bits per heavy atom. The molecule has 0 aromatic heterocycles. The van der Waals surface area contributed by atoms with Crippen LogP contribution < -0.4 is 21.7 Å². The third kappa shape index (κ3) is 6.93. The van der Waals surface area contributed by atoms with Crippen LogP contribution in [-0.2, 0) is 14.4 Å². The number of hydrogen-bond donors (Lipinski definition) is 4. The van der Waals surface area contributed by atoms with Crippen molar-refractivity contribution >= 4 is 30.5 Å². The van der Waals surface area contributed by atoms with E-state index in [0.717, 1.165) is 12.6 Å². The molecule has 1 aliphatic rings. The molecule has 18 heavy (non-hydrogen) atoms. The molecule has 0 aromatic rings. The Morgan fingerprint density at radius 1 is 1.28 bits per heavy atom. The first-order valence-corrected chi connectivity index (χ1v) is 5.05. The van der Waals surface area contributed by atoms with Crippen LogP contribution in [0.3, 0.4) is 0 Å². The number of nitrogens with two attached hydrogens (primary N) is 1. The molecular formula is C9H14N4O5. The lowest BCUT2D eigenvalue weighted by Gasteiger charge is -2.05. The number of primary amides is 1. The number of amides is 5. The Hall–Kier alpha value is -2.45. The van der Waals surface area contributed by atoms with Gasteiger partial charge in [0, 0.05) is 12.8 Å². The van der Waals surface area contributed by atoms with Gasteiger partial charge in [0.05, 0.1) is 0 Å². The SMILES string of the molecule is NC(=O)NC1NC(=O)NC1=O.O=CCCCC=O. The smallest absolute Gasteiger partial charge is 0.323 e. The maximum Gasteiger partial charge on any atom is 0.323 e. The van der Waals surface area contributed by atoms with Crippen LogP contribution in [0.5, 0.6) is 0 Å². The Kier molecular flexibility index (Phi) is 7.49. The lowest BCUT2D eigenvalue weighted by atomic mass is 10.3. The van der Waals surface area contributed by atoms with E-state index in [9.17, 15) is 24.0 Å². The second-order valence-electron chi connectivity index (χ2n) is 3.17. The Balaban J connectivity index is 0.000000360. The summed E-state index contributed by atoms with van der Waals surface area (Å²) >= 11 is 0. The molecular weight excluding hydrogens is 244 g/mol. The average molecular weight is 258 g/mol. The van der Waals surface area contributed by atoms with E-state index in [-0.39, 0.29) is 0 Å². The zero-order chi connectivity index (χ0) is 14.0. The summed E-state index contributed by atoms with van der Waals surface area (Å²) in [5.41, 5.74) is 4.70. The maximum atomic E-state index is 10.7. The summed E-state index contributed by atoms with van der Waals surface area (Å²) < 4.78 is 0. The predicted octanol–water partition coefficient (Wildman–Crippen LogP) is -1.63. The second kappa shape index (κ2) is 8.67. The van der Waals surface area contributed by atoms with Crippen LogP contribution in [0.25, 0.3) is 0 Å². The molecule has 5 N–H and O–H groups in total. The maximum absolute atomic E-state index is 10.7. The first-order valence-electron chi connectivity index (χ1n) is 5.05. The third-order valence-electron chi connectivity index (χ3n) is 1.70. The van der Waals surface area contributed by atoms with Crippen molar-refractivity contribution in [2.45, 2.75) is 25.4 Å². The minimum absolute atomic E-state index is 0.513. The average Bonchev–Trinajstić information content (AvgIpc) is 2.58. The van der Waals surface area contributed by atoms with E-state index in [1.807, 2.05) is 10.6 Å². The molecule has 0 aliphatic carbocycles. The molecule has 100 valence electrons. The number of carbonyl (C=O) groups excluding carboxylic acids is 5. The Bertz CT molecular complexity index is 336. The second-order valence-corrected chi connectivity index (χ2v) is 3.17. The molecule has 9 heteroatoms. The third-order valence-corrected chi connectivity index (χ3v) is 1.70. The molecule has 9 nitrogen and oxygen atoms in total. The minimum atomic E-state index is -1.04. The van der Waals surface area contributed by atoms with Crippen molar-refractivity contribution in [1.29, 1.82) is 0 Å². The van der Waals surface area contributed by atoms with Crippen LogP contribution in [0.15, 0.2) is 0 Å². The van der Waals surface area contributed by atoms with Gasteiger partial charge in [-0.25, -0.2) is 9.59 Å². The van der Waals surface area contributed by atoms with Gasteiger partial charge in [-0.2, -0.15) is 0 Å². The Labute approximate surface area is 102 Å². The summed E-state index contributed by atoms with van der Waals surface area (Å²) in [6.07, 6.45) is 2.33. The molecule has 1 saturated heterocycles. The highest BCUT2D eigenvalue weighted by Crippen LogP contribution is 1.87. The van der Waals surface area contributed by atoms with Gasteiger partial charge >= 0.3 is 12.1 Å². The summed E-state index contributed by atoms with van der Waals surface area (Å²) in [5.74, 6) is -0.617. The fraction of sp³-hybridized carbons (Fsp3) is 0.444. The zero-order valence-corrected chi connectivity index (χ0v) is 9.47. The molecule has 1 unspecified atom stereocenters. The Morgan fingerprint density at radius 3 is 2.17 bits per heavy atom. The summed E-state index contributed by atoms with van der Waals surface area (Å²) in [6, 6.07) is -1.51. The van der Waals surface area contributed by atoms with Gasteiger partial charge in [-0.1, -0.05) is 0 Å². The van der Waals surface area contributed by atoms with Crippen LogP contribution in [0, 0.1) is 0 Å². The van der Waals surface area contributed by atoms with Crippen molar-refractivity contribution in [1.82, 2.24) is 16.0 Å². The van der Waals surface area contributed by atoms with E-state index < -0.39 is 24.1 Å². The van der Waals surface area contributed by atoms with Crippen molar-refractivity contribution in [2.24, 2.45) is 5.73 Å². The molecule has 0 radical (unpaired) electrons. The van der Waals surface area contributed by atoms with Crippen molar-refractivity contribution in [2.75, 3.05) is 0 Å². The zero-order valence-electron chi connectivity index (χ0n) is 9.47. The number of urea groups is 2. The largest absolute Gasteiger partial charge is 0.352 e. The fourth-order valence-electron chi connectivity index (χ4n) is 0.945. The normalized spacial score (nSPS) is 16.8. The number of carbonyl (C=O) groups is 5. The number of unbranched alkanes of at least 4 members (excludes halogenated alkanes) is 2. The predicted molar refractivity (Wildman–Crippen MR) is 59.2 cm³/mol. The van der Waals surface area contributed by atoms with Gasteiger partial charge in [-0.3, -0.25) is 10.1 Å². The van der Waals surface area contributed by atoms with E-state index in [2.05, 4.69) is 5.32 Å². The quantitative estimate of drug-likeness (QED) is 0.265. The van der Waals surface area contributed by atoms with Crippen LogP contribution in [0.4, 0.5) is 9.59 Å².